The van der Waals surface area contributed by atoms with Crippen LogP contribution in [-0.4, -0.2) is 53.1 Å². The van der Waals surface area contributed by atoms with Crippen molar-refractivity contribution in [3.63, 3.8) is 0 Å². The zero-order valence-corrected chi connectivity index (χ0v) is 14.2. The predicted octanol–water partition coefficient (Wildman–Crippen LogP) is 2.27. The molecule has 4 rings (SSSR count). The van der Waals surface area contributed by atoms with E-state index >= 15 is 0 Å². The van der Waals surface area contributed by atoms with Gasteiger partial charge in [0.25, 0.3) is 0 Å². The van der Waals surface area contributed by atoms with Crippen molar-refractivity contribution >= 4 is 22.4 Å². The minimum Gasteiger partial charge on any atom is -0.387 e. The van der Waals surface area contributed by atoms with E-state index in [4.69, 9.17) is 5.26 Å². The maximum atomic E-state index is 8.98. The lowest BCUT2D eigenvalue weighted by Gasteiger charge is -2.43. The van der Waals surface area contributed by atoms with E-state index in [1.165, 1.54) is 0 Å². The summed E-state index contributed by atoms with van der Waals surface area (Å²) in [6, 6.07) is 4.51. The van der Waals surface area contributed by atoms with Crippen LogP contribution in [-0.2, 0) is 0 Å². The van der Waals surface area contributed by atoms with E-state index in [9.17, 15) is 0 Å². The third-order valence-electron chi connectivity index (χ3n) is 4.79. The van der Waals surface area contributed by atoms with E-state index in [0.717, 1.165) is 46.6 Å². The van der Waals surface area contributed by atoms with Gasteiger partial charge in [-0.1, -0.05) is 0 Å². The zero-order valence-electron chi connectivity index (χ0n) is 14.2. The number of fused-ring (bicyclic) bond motifs is 1. The molecule has 1 saturated heterocycles. The summed E-state index contributed by atoms with van der Waals surface area (Å²) in [6.07, 6.45) is 9.69. The highest BCUT2D eigenvalue weighted by atomic mass is 15.3. The topological polar surface area (TPSA) is 83.9 Å². The number of pyridine rings is 2. The summed E-state index contributed by atoms with van der Waals surface area (Å²) >= 11 is 0. The van der Waals surface area contributed by atoms with Crippen molar-refractivity contribution < 1.29 is 0 Å². The Morgan fingerprint density at radius 2 is 2.16 bits per heavy atom. The Labute approximate surface area is 145 Å². The average molecular weight is 333 g/mol. The number of nitrogens with one attached hydrogen (secondary N) is 2. The zero-order chi connectivity index (χ0) is 17.4. The van der Waals surface area contributed by atoms with Crippen LogP contribution in [0.5, 0.6) is 0 Å². The number of H-pyrrole nitrogens is 1. The van der Waals surface area contributed by atoms with Gasteiger partial charge in [0.2, 0.25) is 0 Å². The quantitative estimate of drug-likeness (QED) is 0.563. The van der Waals surface area contributed by atoms with Gasteiger partial charge in [0.15, 0.2) is 6.19 Å². The van der Waals surface area contributed by atoms with Crippen LogP contribution in [0, 0.1) is 11.5 Å². The second kappa shape index (κ2) is 5.98. The molecule has 4 heterocycles. The molecular weight excluding hydrogens is 314 g/mol. The highest BCUT2D eigenvalue weighted by molar-refractivity contribution is 5.95. The summed E-state index contributed by atoms with van der Waals surface area (Å²) < 4.78 is 0. The van der Waals surface area contributed by atoms with Gasteiger partial charge in [-0.3, -0.25) is 4.98 Å². The third-order valence-corrected chi connectivity index (χ3v) is 4.79. The second-order valence-electron chi connectivity index (χ2n) is 6.27. The molecule has 25 heavy (non-hydrogen) atoms. The van der Waals surface area contributed by atoms with Crippen LogP contribution < -0.4 is 10.2 Å². The summed E-state index contributed by atoms with van der Waals surface area (Å²) in [5.74, 6) is 0. The van der Waals surface area contributed by atoms with E-state index in [1.54, 1.807) is 11.1 Å². The van der Waals surface area contributed by atoms with Crippen molar-refractivity contribution in [1.82, 2.24) is 19.9 Å². The fourth-order valence-corrected chi connectivity index (χ4v) is 3.12. The molecule has 0 spiro atoms. The third kappa shape index (κ3) is 2.62. The van der Waals surface area contributed by atoms with Crippen molar-refractivity contribution in [2.24, 2.45) is 0 Å². The molecule has 7 heteroatoms. The molecule has 1 aliphatic rings. The van der Waals surface area contributed by atoms with Gasteiger partial charge in [-0.2, -0.15) is 5.26 Å². The molecule has 0 radical (unpaired) electrons. The molecule has 0 bridgehead atoms. The molecule has 0 aromatic carbocycles. The number of likely N-dealkylation sites (N-methyl/N-ethyl adjacent to an activating group) is 1. The maximum Gasteiger partial charge on any atom is 0.179 e. The molecule has 1 fully saturated rings. The lowest BCUT2D eigenvalue weighted by molar-refractivity contribution is 0.286. The first kappa shape index (κ1) is 15.3. The maximum absolute atomic E-state index is 8.98. The predicted molar refractivity (Wildman–Crippen MR) is 98.2 cm³/mol. The molecule has 2 N–H and O–H groups in total. The number of hydrogen-bond donors (Lipinski definition) is 2. The molecule has 0 aliphatic carbocycles. The van der Waals surface area contributed by atoms with Gasteiger partial charge in [-0.25, -0.2) is 4.98 Å². The molecular formula is C18H19N7. The van der Waals surface area contributed by atoms with E-state index < -0.39 is 0 Å². The lowest BCUT2D eigenvalue weighted by Crippen LogP contribution is -2.57. The molecule has 3 aromatic rings. The van der Waals surface area contributed by atoms with Crippen molar-refractivity contribution in [1.29, 1.82) is 5.26 Å². The van der Waals surface area contributed by atoms with Crippen molar-refractivity contribution in [2.75, 3.05) is 37.4 Å². The van der Waals surface area contributed by atoms with Gasteiger partial charge in [0, 0.05) is 62.3 Å². The summed E-state index contributed by atoms with van der Waals surface area (Å²) in [4.78, 5) is 16.0. The van der Waals surface area contributed by atoms with Crippen molar-refractivity contribution in [2.45, 2.75) is 6.04 Å². The first-order valence-electron chi connectivity index (χ1n) is 8.17. The molecule has 0 amide bonds. The Balaban J connectivity index is 1.66. The Kier molecular flexibility index (Phi) is 3.65. The Hall–Kier alpha value is -3.27. The molecule has 3 aromatic heterocycles. The average Bonchev–Trinajstić information content (AvgIpc) is 3.03. The van der Waals surface area contributed by atoms with Gasteiger partial charge < -0.3 is 20.1 Å². The number of anilines is 2. The van der Waals surface area contributed by atoms with E-state index in [1.807, 2.05) is 32.7 Å². The number of hydrogen-bond acceptors (Lipinski definition) is 6. The summed E-state index contributed by atoms with van der Waals surface area (Å²) in [5.41, 5.74) is 5.04. The van der Waals surface area contributed by atoms with Crippen molar-refractivity contribution in [3.05, 3.63) is 36.9 Å². The highest BCUT2D eigenvalue weighted by Gasteiger charge is 2.30. The fourth-order valence-electron chi connectivity index (χ4n) is 3.12. The SMILES string of the molecule is CNc1cncc(-c2c[nH]c3ncc(N4CC(N(C)C#N)C4)cc23)c1. The monoisotopic (exact) mass is 333 g/mol. The Morgan fingerprint density at radius 3 is 2.92 bits per heavy atom. The molecule has 7 nitrogen and oxygen atoms in total. The number of rotatable bonds is 4. The molecule has 0 atom stereocenters. The van der Waals surface area contributed by atoms with Gasteiger partial charge in [0.05, 0.1) is 23.6 Å². The van der Waals surface area contributed by atoms with Crippen molar-refractivity contribution in [3.8, 4) is 17.3 Å². The highest BCUT2D eigenvalue weighted by Crippen LogP contribution is 2.32. The smallest absolute Gasteiger partial charge is 0.179 e. The lowest BCUT2D eigenvalue weighted by atomic mass is 10.0. The normalized spacial score (nSPS) is 14.2. The minimum atomic E-state index is 0.280. The number of nitrogens with zero attached hydrogens (tertiary/aromatic N) is 5. The van der Waals surface area contributed by atoms with E-state index in [0.29, 0.717) is 0 Å². The summed E-state index contributed by atoms with van der Waals surface area (Å²) in [6.45, 7) is 1.68. The number of aromatic nitrogens is 3. The molecule has 1 aliphatic heterocycles. The standard InChI is InChI=1S/C18H19N7/c1-20-13-3-12(5-21-6-13)17-8-23-18-16(17)4-14(7-22-18)25-9-15(10-25)24(2)11-19/h3-8,15,20H,9-10H2,1-2H3,(H,22,23). The Morgan fingerprint density at radius 1 is 1.32 bits per heavy atom. The fraction of sp³-hybridized carbons (Fsp3) is 0.278. The molecule has 0 unspecified atom stereocenters. The largest absolute Gasteiger partial charge is 0.387 e. The van der Waals surface area contributed by atoms with Crippen LogP contribution in [0.2, 0.25) is 0 Å². The summed E-state index contributed by atoms with van der Waals surface area (Å²) in [5, 5.41) is 13.2. The second-order valence-corrected chi connectivity index (χ2v) is 6.27. The van der Waals surface area contributed by atoms with Crippen LogP contribution in [0.1, 0.15) is 0 Å². The van der Waals surface area contributed by atoms with Gasteiger partial charge in [0.1, 0.15) is 5.65 Å². The van der Waals surface area contributed by atoms with Crippen LogP contribution >= 0.6 is 0 Å². The van der Waals surface area contributed by atoms with E-state index in [-0.39, 0.29) is 6.04 Å². The first-order valence-corrected chi connectivity index (χ1v) is 8.17. The minimum absolute atomic E-state index is 0.280. The molecule has 0 saturated carbocycles. The van der Waals surface area contributed by atoms with Crippen LogP contribution in [0.25, 0.3) is 22.2 Å². The van der Waals surface area contributed by atoms with Gasteiger partial charge >= 0.3 is 0 Å². The first-order chi connectivity index (χ1) is 12.2. The Bertz CT molecular complexity index is 949. The van der Waals surface area contributed by atoms with Crippen LogP contribution in [0.15, 0.2) is 36.9 Å². The van der Waals surface area contributed by atoms with Gasteiger partial charge in [-0.15, -0.1) is 0 Å². The van der Waals surface area contributed by atoms with Crippen LogP contribution in [0.3, 0.4) is 0 Å². The van der Waals surface area contributed by atoms with Crippen LogP contribution in [0.4, 0.5) is 11.4 Å². The van der Waals surface area contributed by atoms with E-state index in [2.05, 4.69) is 43.5 Å². The summed E-state index contributed by atoms with van der Waals surface area (Å²) in [7, 11) is 3.71. The number of nitriles is 1. The molecule has 126 valence electrons. The van der Waals surface area contributed by atoms with Gasteiger partial charge in [-0.05, 0) is 12.1 Å². The number of aromatic amines is 1.